The number of hydrogen-bond donors (Lipinski definition) is 2. The Labute approximate surface area is 261 Å². The number of aromatic nitrogens is 2. The number of allylic oxidation sites excluding steroid dienone is 2. The SMILES string of the molecule is CC1=C[C@@H]2Cc3nc4cc(Cl)ccc4c(NCCCN(C)CCCNc4c5c(nc6ccccc46)CCCC5)c3[C@H](C1)C2. The first-order valence-electron chi connectivity index (χ1n) is 16.4. The molecule has 0 aliphatic heterocycles. The van der Waals surface area contributed by atoms with E-state index in [1.165, 1.54) is 69.5 Å². The molecule has 0 radical (unpaired) electrons. The first kappa shape index (κ1) is 28.6. The number of halogens is 1. The summed E-state index contributed by atoms with van der Waals surface area (Å²) >= 11 is 6.39. The van der Waals surface area contributed by atoms with Crippen molar-refractivity contribution in [2.45, 2.75) is 70.6 Å². The van der Waals surface area contributed by atoms with Gasteiger partial charge in [-0.15, -0.1) is 0 Å². The molecule has 2 aromatic heterocycles. The standard InChI is InChI=1S/C37H44ClN5/c1-24-19-25-21-26(20-24)35-34(22-25)42-33-23-27(38)13-14-30(33)37(35)40-16-8-18-43(2)17-7-15-39-36-28-9-3-5-11-31(28)41-32-12-6-4-10-29(32)36/h3,5,9,11,13-14,19,23,25-26H,4,6-8,10,12,15-18,20-22H2,1-2H3,(H,39,41)(H,40,42)/t25-,26+/m0/s1. The number of aryl methyl sites for hydroxylation is 1. The fourth-order valence-electron chi connectivity index (χ4n) is 7.89. The summed E-state index contributed by atoms with van der Waals surface area (Å²) in [7, 11) is 2.26. The summed E-state index contributed by atoms with van der Waals surface area (Å²) in [5.41, 5.74) is 11.8. The summed E-state index contributed by atoms with van der Waals surface area (Å²) < 4.78 is 0. The highest BCUT2D eigenvalue weighted by atomic mass is 35.5. The normalized spacial score (nSPS) is 19.3. The van der Waals surface area contributed by atoms with Gasteiger partial charge in [0.05, 0.1) is 11.0 Å². The lowest BCUT2D eigenvalue weighted by Crippen LogP contribution is -2.26. The summed E-state index contributed by atoms with van der Waals surface area (Å²) in [4.78, 5) is 12.6. The minimum Gasteiger partial charge on any atom is -0.384 e. The van der Waals surface area contributed by atoms with Crippen molar-refractivity contribution in [2.24, 2.45) is 5.92 Å². The van der Waals surface area contributed by atoms with E-state index in [2.05, 4.69) is 65.9 Å². The summed E-state index contributed by atoms with van der Waals surface area (Å²) in [5, 5.41) is 11.0. The molecule has 5 nitrogen and oxygen atoms in total. The molecule has 0 spiro atoms. The van der Waals surface area contributed by atoms with Gasteiger partial charge in [0.2, 0.25) is 0 Å². The van der Waals surface area contributed by atoms with Crippen LogP contribution in [0.1, 0.15) is 73.9 Å². The molecule has 0 amide bonds. The van der Waals surface area contributed by atoms with E-state index in [1.54, 1.807) is 0 Å². The number of pyridine rings is 2. The quantitative estimate of drug-likeness (QED) is 0.142. The lowest BCUT2D eigenvalue weighted by Gasteiger charge is -2.36. The van der Waals surface area contributed by atoms with Crippen LogP contribution in [-0.2, 0) is 19.3 Å². The number of nitrogens with one attached hydrogen (secondary N) is 2. The molecule has 2 aromatic carbocycles. The van der Waals surface area contributed by atoms with E-state index >= 15 is 0 Å². The predicted molar refractivity (Wildman–Crippen MR) is 182 cm³/mol. The topological polar surface area (TPSA) is 53.1 Å². The van der Waals surface area contributed by atoms with Crippen molar-refractivity contribution in [1.82, 2.24) is 14.9 Å². The first-order valence-corrected chi connectivity index (χ1v) is 16.8. The molecule has 2 N–H and O–H groups in total. The van der Waals surface area contributed by atoms with E-state index in [4.69, 9.17) is 21.6 Å². The molecular formula is C37H44ClN5. The minimum absolute atomic E-state index is 0.562. The zero-order chi connectivity index (χ0) is 29.3. The number of anilines is 2. The Hall–Kier alpha value is -3.15. The predicted octanol–water partition coefficient (Wildman–Crippen LogP) is 8.55. The van der Waals surface area contributed by atoms with Crippen LogP contribution in [0, 0.1) is 5.92 Å². The van der Waals surface area contributed by atoms with E-state index in [0.29, 0.717) is 11.8 Å². The zero-order valence-electron chi connectivity index (χ0n) is 25.7. The van der Waals surface area contributed by atoms with Crippen LogP contribution in [0.4, 0.5) is 11.4 Å². The third-order valence-corrected chi connectivity index (χ3v) is 10.0. The van der Waals surface area contributed by atoms with Crippen LogP contribution in [0.5, 0.6) is 0 Å². The van der Waals surface area contributed by atoms with Crippen LogP contribution in [-0.4, -0.2) is 48.1 Å². The number of rotatable bonds is 10. The highest BCUT2D eigenvalue weighted by Gasteiger charge is 2.33. The van der Waals surface area contributed by atoms with Crippen LogP contribution in [0.2, 0.25) is 5.02 Å². The maximum atomic E-state index is 6.39. The van der Waals surface area contributed by atoms with Gasteiger partial charge in [0.25, 0.3) is 0 Å². The molecule has 2 bridgehead atoms. The second kappa shape index (κ2) is 12.5. The lowest BCUT2D eigenvalue weighted by atomic mass is 9.71. The van der Waals surface area contributed by atoms with Gasteiger partial charge in [0.15, 0.2) is 0 Å². The van der Waals surface area contributed by atoms with Gasteiger partial charge in [-0.3, -0.25) is 9.97 Å². The Morgan fingerprint density at radius 1 is 0.860 bits per heavy atom. The average Bonchev–Trinajstić information content (AvgIpc) is 3.00. The molecule has 7 rings (SSSR count). The zero-order valence-corrected chi connectivity index (χ0v) is 26.4. The van der Waals surface area contributed by atoms with Gasteiger partial charge in [0.1, 0.15) is 0 Å². The third-order valence-electron chi connectivity index (χ3n) is 9.81. The molecule has 2 atom stereocenters. The number of fused-ring (bicyclic) bond motifs is 7. The van der Waals surface area contributed by atoms with E-state index in [9.17, 15) is 0 Å². The largest absolute Gasteiger partial charge is 0.384 e. The molecule has 6 heteroatoms. The fourth-order valence-corrected chi connectivity index (χ4v) is 8.05. The van der Waals surface area contributed by atoms with Gasteiger partial charge in [-0.1, -0.05) is 41.4 Å². The Balaban J connectivity index is 0.958. The summed E-state index contributed by atoms with van der Waals surface area (Å²) in [6.07, 6.45) is 12.9. The molecule has 43 heavy (non-hydrogen) atoms. The highest BCUT2D eigenvalue weighted by Crippen LogP contribution is 2.47. The number of hydrogen-bond acceptors (Lipinski definition) is 5. The van der Waals surface area contributed by atoms with Gasteiger partial charge in [-0.25, -0.2) is 0 Å². The third kappa shape index (κ3) is 5.99. The maximum absolute atomic E-state index is 6.39. The first-order chi connectivity index (χ1) is 21.0. The molecule has 224 valence electrons. The second-order valence-electron chi connectivity index (χ2n) is 13.1. The Morgan fingerprint density at radius 3 is 2.47 bits per heavy atom. The van der Waals surface area contributed by atoms with Gasteiger partial charge in [-0.05, 0) is 127 Å². The monoisotopic (exact) mass is 593 g/mol. The van der Waals surface area contributed by atoms with Crippen LogP contribution in [0.25, 0.3) is 21.8 Å². The van der Waals surface area contributed by atoms with Crippen LogP contribution >= 0.6 is 11.6 Å². The van der Waals surface area contributed by atoms with Gasteiger partial charge in [0, 0.05) is 57.2 Å². The molecule has 0 unspecified atom stereocenters. The van der Waals surface area contributed by atoms with Crippen LogP contribution < -0.4 is 10.6 Å². The molecule has 3 aliphatic rings. The average molecular weight is 594 g/mol. The highest BCUT2D eigenvalue weighted by molar-refractivity contribution is 6.31. The fraction of sp³-hybridized carbons (Fsp3) is 0.459. The molecule has 2 heterocycles. The Morgan fingerprint density at radius 2 is 1.60 bits per heavy atom. The van der Waals surface area contributed by atoms with Gasteiger partial charge < -0.3 is 15.5 Å². The van der Waals surface area contributed by atoms with E-state index in [0.717, 1.165) is 80.8 Å². The molecule has 0 fully saturated rings. The minimum atomic E-state index is 0.562. The van der Waals surface area contributed by atoms with Crippen LogP contribution in [0.3, 0.4) is 0 Å². The Kier molecular flexibility index (Phi) is 8.29. The summed E-state index contributed by atoms with van der Waals surface area (Å²) in [5.74, 6) is 1.18. The van der Waals surface area contributed by atoms with E-state index in [1.807, 2.05) is 12.1 Å². The molecule has 0 saturated heterocycles. The Bertz CT molecular complexity index is 1680. The number of nitrogens with zero attached hydrogens (tertiary/aromatic N) is 3. The van der Waals surface area contributed by atoms with Crippen LogP contribution in [0.15, 0.2) is 54.1 Å². The summed E-state index contributed by atoms with van der Waals surface area (Å²) in [6.45, 7) is 6.39. The van der Waals surface area contributed by atoms with Crippen molar-refractivity contribution < 1.29 is 0 Å². The molecular weight excluding hydrogens is 550 g/mol. The maximum Gasteiger partial charge on any atom is 0.0741 e. The van der Waals surface area contributed by atoms with Gasteiger partial charge >= 0.3 is 0 Å². The van der Waals surface area contributed by atoms with Crippen molar-refractivity contribution in [3.05, 3.63) is 81.7 Å². The number of para-hydroxylation sites is 1. The lowest BCUT2D eigenvalue weighted by molar-refractivity contribution is 0.331. The molecule has 0 saturated carbocycles. The number of benzene rings is 2. The smallest absolute Gasteiger partial charge is 0.0741 e. The second-order valence-corrected chi connectivity index (χ2v) is 13.6. The van der Waals surface area contributed by atoms with Crippen molar-refractivity contribution in [1.29, 1.82) is 0 Å². The molecule has 3 aliphatic carbocycles. The van der Waals surface area contributed by atoms with Crippen molar-refractivity contribution in [2.75, 3.05) is 43.9 Å². The van der Waals surface area contributed by atoms with E-state index < -0.39 is 0 Å². The molecule has 4 aromatic rings. The van der Waals surface area contributed by atoms with Crippen molar-refractivity contribution in [3.8, 4) is 0 Å². The summed E-state index contributed by atoms with van der Waals surface area (Å²) in [6, 6.07) is 14.8. The van der Waals surface area contributed by atoms with Crippen molar-refractivity contribution >= 4 is 44.8 Å². The van der Waals surface area contributed by atoms with E-state index in [-0.39, 0.29) is 0 Å². The van der Waals surface area contributed by atoms with Gasteiger partial charge in [-0.2, -0.15) is 0 Å². The van der Waals surface area contributed by atoms with Crippen molar-refractivity contribution in [3.63, 3.8) is 0 Å².